The van der Waals surface area contributed by atoms with E-state index in [2.05, 4.69) is 21.1 Å². The normalized spacial score (nSPS) is 18.8. The minimum atomic E-state index is -4.99. The summed E-state index contributed by atoms with van der Waals surface area (Å²) in [6.07, 6.45) is 0.660. The van der Waals surface area contributed by atoms with E-state index in [0.717, 1.165) is 17.7 Å². The van der Waals surface area contributed by atoms with Crippen LogP contribution in [0.5, 0.6) is 0 Å². The van der Waals surface area contributed by atoms with E-state index < -0.39 is 45.9 Å². The lowest BCUT2D eigenvalue weighted by Crippen LogP contribution is -2.66. The number of hydrogen-bond donors (Lipinski definition) is 0. The summed E-state index contributed by atoms with van der Waals surface area (Å²) in [4.78, 5) is 19.4. The van der Waals surface area contributed by atoms with Crippen molar-refractivity contribution in [3.05, 3.63) is 41.7 Å². The number of alkyl halides is 3. The molecule has 0 aliphatic carbocycles. The maximum Gasteiger partial charge on any atom is 0.436 e. The molecule has 2 N–H and O–H groups in total. The van der Waals surface area contributed by atoms with Crippen LogP contribution in [-0.4, -0.2) is 86.5 Å². The molecule has 0 atom stereocenters. The summed E-state index contributed by atoms with van der Waals surface area (Å²) in [5.74, 6) is -2.44. The van der Waals surface area contributed by atoms with Crippen LogP contribution >= 0.6 is 0 Å². The van der Waals surface area contributed by atoms with Crippen LogP contribution in [0, 0.1) is 17.1 Å². The van der Waals surface area contributed by atoms with Crippen LogP contribution in [0.2, 0.25) is 0 Å². The highest BCUT2D eigenvalue weighted by molar-refractivity contribution is 6.46. The third-order valence-electron chi connectivity index (χ3n) is 8.14. The van der Waals surface area contributed by atoms with Crippen molar-refractivity contribution < 1.29 is 32.1 Å². The summed E-state index contributed by atoms with van der Waals surface area (Å²) >= 11 is 0. The SMILES string of the molecule is CC(C)([OH2+])C(C)(C)O[B]c1cnn(C2(CC#N)CN(C3CCN(C(=O)c4ccnc(C(F)(F)F)c4F)CC3)C2)c1. The summed E-state index contributed by atoms with van der Waals surface area (Å²) in [6, 6.07) is 3.33. The van der Waals surface area contributed by atoms with Gasteiger partial charge in [0, 0.05) is 64.7 Å². The maximum atomic E-state index is 14.4. The van der Waals surface area contributed by atoms with Gasteiger partial charge in [-0.25, -0.2) is 9.37 Å². The zero-order chi connectivity index (χ0) is 29.5. The molecule has 40 heavy (non-hydrogen) atoms. The van der Waals surface area contributed by atoms with E-state index in [0.29, 0.717) is 25.9 Å². The van der Waals surface area contributed by atoms with Gasteiger partial charge < -0.3 is 14.7 Å². The van der Waals surface area contributed by atoms with Crippen molar-refractivity contribution in [3.63, 3.8) is 0 Å². The van der Waals surface area contributed by atoms with E-state index >= 15 is 0 Å². The second-order valence-electron chi connectivity index (χ2n) is 11.6. The Morgan fingerprint density at radius 3 is 2.48 bits per heavy atom. The van der Waals surface area contributed by atoms with Crippen molar-refractivity contribution in [2.45, 2.75) is 75.9 Å². The van der Waals surface area contributed by atoms with Crippen molar-refractivity contribution in [1.82, 2.24) is 24.6 Å². The lowest BCUT2D eigenvalue weighted by Gasteiger charge is -2.53. The van der Waals surface area contributed by atoms with Gasteiger partial charge in [0.1, 0.15) is 11.1 Å². The highest BCUT2D eigenvalue weighted by atomic mass is 19.4. The molecule has 0 saturated carbocycles. The molecule has 2 aliphatic rings. The summed E-state index contributed by atoms with van der Waals surface area (Å²) in [5.41, 5.74) is -3.69. The van der Waals surface area contributed by atoms with Gasteiger partial charge in [0.15, 0.2) is 17.1 Å². The standard InChI is InChI=1S/C26H32BF4N6O3/c1-23(2,39)24(3,4)40-27-17-13-34-37(14-17)25(8-9-32)15-36(16-25)18-6-11-35(12-7-18)22(38)19-5-10-33-21(20(19)28)26(29,30)31/h5,10,13-14,18,39H,6-8,11-12,15-16H2,1-4H3/p+1. The lowest BCUT2D eigenvalue weighted by molar-refractivity contribution is -0.143. The molecule has 1 radical (unpaired) electrons. The second kappa shape index (κ2) is 10.8. The van der Waals surface area contributed by atoms with E-state index in [4.69, 9.17) is 9.76 Å². The molecule has 2 aliphatic heterocycles. The average Bonchev–Trinajstić information content (AvgIpc) is 3.33. The fraction of sp³-hybridized carbons (Fsp3) is 0.615. The van der Waals surface area contributed by atoms with Gasteiger partial charge in [-0.15, -0.1) is 0 Å². The Kier molecular flexibility index (Phi) is 8.06. The van der Waals surface area contributed by atoms with E-state index in [1.165, 1.54) is 4.90 Å². The van der Waals surface area contributed by atoms with Gasteiger partial charge in [-0.05, 0) is 38.2 Å². The van der Waals surface area contributed by atoms with Gasteiger partial charge in [-0.2, -0.15) is 23.5 Å². The van der Waals surface area contributed by atoms with Crippen molar-refractivity contribution in [3.8, 4) is 6.07 Å². The van der Waals surface area contributed by atoms with Crippen molar-refractivity contribution in [2.75, 3.05) is 26.2 Å². The summed E-state index contributed by atoms with van der Waals surface area (Å²) in [5, 5.41) is 22.2. The number of halogens is 4. The molecule has 0 unspecified atom stereocenters. The quantitative estimate of drug-likeness (QED) is 0.276. The van der Waals surface area contributed by atoms with Gasteiger partial charge in [0.25, 0.3) is 5.91 Å². The Bertz CT molecular complexity index is 1270. The number of rotatable bonds is 8. The molecule has 0 spiro atoms. The summed E-state index contributed by atoms with van der Waals surface area (Å²) < 4.78 is 61.1. The Hall–Kier alpha value is -3.02. The van der Waals surface area contributed by atoms with Gasteiger partial charge in [-0.1, -0.05) is 0 Å². The molecule has 2 saturated heterocycles. The number of pyridine rings is 1. The maximum absolute atomic E-state index is 14.4. The molecule has 9 nitrogen and oxygen atoms in total. The number of carbonyl (C=O) groups is 1. The minimum absolute atomic E-state index is 0.105. The highest BCUT2D eigenvalue weighted by Gasteiger charge is 2.48. The van der Waals surface area contributed by atoms with Crippen LogP contribution < -0.4 is 5.46 Å². The number of carbonyl (C=O) groups excluding carboxylic acids is 1. The molecule has 2 aromatic heterocycles. The number of piperidine rings is 1. The number of nitrogens with zero attached hydrogens (tertiary/aromatic N) is 6. The van der Waals surface area contributed by atoms with Crippen LogP contribution in [0.25, 0.3) is 0 Å². The first-order chi connectivity index (χ1) is 18.6. The molecule has 2 aromatic rings. The largest absolute Gasteiger partial charge is 0.439 e. The number of hydrogen-bond acceptors (Lipinski definition) is 6. The monoisotopic (exact) mass is 564 g/mol. The molecular weight excluding hydrogens is 531 g/mol. The van der Waals surface area contributed by atoms with E-state index in [1.54, 1.807) is 32.2 Å². The van der Waals surface area contributed by atoms with Crippen LogP contribution in [-0.2, 0) is 16.4 Å². The Morgan fingerprint density at radius 1 is 1.25 bits per heavy atom. The molecular formula is C26H33BF4N6O3+. The highest BCUT2D eigenvalue weighted by Crippen LogP contribution is 2.36. The van der Waals surface area contributed by atoms with E-state index in [-0.39, 0.29) is 25.6 Å². The Balaban J connectivity index is 1.35. The van der Waals surface area contributed by atoms with E-state index in [1.807, 2.05) is 20.0 Å². The predicted molar refractivity (Wildman–Crippen MR) is 138 cm³/mol. The van der Waals surface area contributed by atoms with Crippen molar-refractivity contribution in [1.29, 1.82) is 5.26 Å². The van der Waals surface area contributed by atoms with Crippen LogP contribution in [0.4, 0.5) is 17.6 Å². The van der Waals surface area contributed by atoms with Gasteiger partial charge in [0.2, 0.25) is 0 Å². The molecule has 4 rings (SSSR count). The average molecular weight is 564 g/mol. The zero-order valence-electron chi connectivity index (χ0n) is 22.9. The summed E-state index contributed by atoms with van der Waals surface area (Å²) in [6.45, 7) is 8.92. The third-order valence-corrected chi connectivity index (χ3v) is 8.14. The molecule has 2 fully saturated rings. The molecule has 1 amide bonds. The number of amides is 1. The van der Waals surface area contributed by atoms with Gasteiger partial charge in [0.05, 0.1) is 18.1 Å². The lowest BCUT2D eigenvalue weighted by atomic mass is 9.82. The Labute approximate surface area is 231 Å². The third kappa shape index (κ3) is 5.87. The summed E-state index contributed by atoms with van der Waals surface area (Å²) in [7, 11) is 1.58. The van der Waals surface area contributed by atoms with Crippen LogP contribution in [0.1, 0.15) is 63.0 Å². The molecule has 215 valence electrons. The second-order valence-corrected chi connectivity index (χ2v) is 11.6. The first-order valence-corrected chi connectivity index (χ1v) is 13.0. The zero-order valence-corrected chi connectivity index (χ0v) is 22.9. The number of nitriles is 1. The number of aromatic nitrogens is 3. The topological polar surface area (TPSA) is 110 Å². The fourth-order valence-corrected chi connectivity index (χ4v) is 4.88. The number of likely N-dealkylation sites (tertiary alicyclic amines) is 2. The smallest absolute Gasteiger partial charge is 0.436 e. The molecule has 0 aromatic carbocycles. The molecule has 4 heterocycles. The van der Waals surface area contributed by atoms with Gasteiger partial charge in [-0.3, -0.25) is 14.4 Å². The molecule has 14 heteroatoms. The fourth-order valence-electron chi connectivity index (χ4n) is 4.88. The van der Waals surface area contributed by atoms with Gasteiger partial charge >= 0.3 is 13.7 Å². The van der Waals surface area contributed by atoms with Crippen molar-refractivity contribution in [2.24, 2.45) is 0 Å². The Morgan fingerprint density at radius 2 is 1.90 bits per heavy atom. The first-order valence-electron chi connectivity index (χ1n) is 13.0. The predicted octanol–water partition coefficient (Wildman–Crippen LogP) is 2.21. The van der Waals surface area contributed by atoms with E-state index in [9.17, 15) is 27.6 Å². The van der Waals surface area contributed by atoms with Crippen molar-refractivity contribution >= 4 is 18.9 Å². The van der Waals surface area contributed by atoms with Crippen LogP contribution in [0.15, 0.2) is 24.7 Å². The first kappa shape index (κ1) is 30.0. The van der Waals surface area contributed by atoms with Crippen LogP contribution in [0.3, 0.4) is 0 Å². The minimum Gasteiger partial charge on any atom is -0.439 e. The molecule has 0 bridgehead atoms.